The summed E-state index contributed by atoms with van der Waals surface area (Å²) in [5, 5.41) is 0. The van der Waals surface area contributed by atoms with Crippen molar-refractivity contribution >= 4 is 11.9 Å². The first-order valence-electron chi connectivity index (χ1n) is 8.36. The van der Waals surface area contributed by atoms with Gasteiger partial charge in [-0.3, -0.25) is 4.79 Å². The van der Waals surface area contributed by atoms with Gasteiger partial charge in [0.1, 0.15) is 11.9 Å². The van der Waals surface area contributed by atoms with E-state index >= 15 is 0 Å². The number of carbonyl (C=O) groups excluding carboxylic acids is 2. The van der Waals surface area contributed by atoms with Crippen LogP contribution in [0, 0.1) is 5.82 Å². The quantitative estimate of drug-likeness (QED) is 0.776. The molecule has 2 aromatic rings. The lowest BCUT2D eigenvalue weighted by Gasteiger charge is -2.16. The van der Waals surface area contributed by atoms with E-state index in [0.717, 1.165) is 24.1 Å². The summed E-state index contributed by atoms with van der Waals surface area (Å²) >= 11 is 0. The zero-order valence-corrected chi connectivity index (χ0v) is 14.1. The summed E-state index contributed by atoms with van der Waals surface area (Å²) in [6.45, 7) is 3.11. The average molecular weight is 341 g/mol. The van der Waals surface area contributed by atoms with Crippen LogP contribution in [-0.2, 0) is 16.1 Å². The standard InChI is InChI=1S/C20H20FNO3/c1-14(16-8-10-18(21)11-9-16)25-20(24)17-6-4-15(5-7-17)13-22-12-2-3-19(22)23/h4-11,14H,2-3,12-13H2,1H3/t14-/m0/s1. The predicted molar refractivity (Wildman–Crippen MR) is 91.3 cm³/mol. The Morgan fingerprint density at radius 1 is 1.16 bits per heavy atom. The topological polar surface area (TPSA) is 46.6 Å². The summed E-state index contributed by atoms with van der Waals surface area (Å²) < 4.78 is 18.4. The number of ether oxygens (including phenoxy) is 1. The van der Waals surface area contributed by atoms with Crippen molar-refractivity contribution in [2.24, 2.45) is 0 Å². The van der Waals surface area contributed by atoms with Gasteiger partial charge < -0.3 is 9.64 Å². The SMILES string of the molecule is C[C@H](OC(=O)c1ccc(CN2CCCC2=O)cc1)c1ccc(F)cc1. The second-order valence-electron chi connectivity index (χ2n) is 6.21. The Balaban J connectivity index is 1.60. The summed E-state index contributed by atoms with van der Waals surface area (Å²) in [7, 11) is 0. The molecule has 0 unspecified atom stereocenters. The van der Waals surface area contributed by atoms with Crippen molar-refractivity contribution in [3.8, 4) is 0 Å². The van der Waals surface area contributed by atoms with Crippen LogP contribution in [0.1, 0.15) is 47.4 Å². The summed E-state index contributed by atoms with van der Waals surface area (Å²) in [4.78, 5) is 25.7. The number of nitrogens with zero attached hydrogens (tertiary/aromatic N) is 1. The minimum Gasteiger partial charge on any atom is -0.454 e. The monoisotopic (exact) mass is 341 g/mol. The molecule has 4 nitrogen and oxygen atoms in total. The fourth-order valence-corrected chi connectivity index (χ4v) is 2.87. The maximum absolute atomic E-state index is 13.0. The van der Waals surface area contributed by atoms with Crippen LogP contribution in [0.25, 0.3) is 0 Å². The van der Waals surface area contributed by atoms with Crippen molar-refractivity contribution in [2.75, 3.05) is 6.54 Å². The summed E-state index contributed by atoms with van der Waals surface area (Å²) in [5.41, 5.74) is 2.17. The van der Waals surface area contributed by atoms with Gasteiger partial charge in [-0.15, -0.1) is 0 Å². The van der Waals surface area contributed by atoms with Gasteiger partial charge >= 0.3 is 5.97 Å². The summed E-state index contributed by atoms with van der Waals surface area (Å²) in [5.74, 6) is -0.577. The number of halogens is 1. The second kappa shape index (κ2) is 7.47. The lowest BCUT2D eigenvalue weighted by Crippen LogP contribution is -2.23. The second-order valence-corrected chi connectivity index (χ2v) is 6.21. The average Bonchev–Trinajstić information content (AvgIpc) is 3.01. The third-order valence-corrected chi connectivity index (χ3v) is 4.36. The molecule has 2 aromatic carbocycles. The first-order chi connectivity index (χ1) is 12.0. The van der Waals surface area contributed by atoms with Crippen molar-refractivity contribution in [2.45, 2.75) is 32.4 Å². The molecule has 0 N–H and O–H groups in total. The highest BCUT2D eigenvalue weighted by Gasteiger charge is 2.20. The number of hydrogen-bond donors (Lipinski definition) is 0. The molecular weight excluding hydrogens is 321 g/mol. The Hall–Kier alpha value is -2.69. The molecule has 25 heavy (non-hydrogen) atoms. The van der Waals surface area contributed by atoms with Crippen LogP contribution >= 0.6 is 0 Å². The maximum atomic E-state index is 13.0. The van der Waals surface area contributed by atoms with E-state index < -0.39 is 12.1 Å². The first-order valence-corrected chi connectivity index (χ1v) is 8.36. The Labute approximate surface area is 146 Å². The van der Waals surface area contributed by atoms with Crippen LogP contribution in [0.15, 0.2) is 48.5 Å². The van der Waals surface area contributed by atoms with Crippen LogP contribution in [-0.4, -0.2) is 23.3 Å². The predicted octanol–water partition coefficient (Wildman–Crippen LogP) is 3.87. The van der Waals surface area contributed by atoms with Gasteiger partial charge in [0, 0.05) is 19.5 Å². The number of hydrogen-bond acceptors (Lipinski definition) is 3. The van der Waals surface area contributed by atoms with E-state index in [1.807, 2.05) is 17.0 Å². The molecule has 1 atom stereocenters. The van der Waals surface area contributed by atoms with Gasteiger partial charge in [0.15, 0.2) is 0 Å². The van der Waals surface area contributed by atoms with E-state index in [4.69, 9.17) is 4.74 Å². The fourth-order valence-electron chi connectivity index (χ4n) is 2.87. The lowest BCUT2D eigenvalue weighted by molar-refractivity contribution is -0.128. The molecule has 0 spiro atoms. The van der Waals surface area contributed by atoms with Gasteiger partial charge in [0.25, 0.3) is 0 Å². The van der Waals surface area contributed by atoms with Crippen LogP contribution in [0.4, 0.5) is 4.39 Å². The summed E-state index contributed by atoms with van der Waals surface area (Å²) in [6, 6.07) is 13.0. The number of rotatable bonds is 5. The molecule has 1 aliphatic heterocycles. The van der Waals surface area contributed by atoms with Crippen molar-refractivity contribution in [3.63, 3.8) is 0 Å². The molecule has 0 saturated carbocycles. The Kier molecular flexibility index (Phi) is 5.12. The number of amides is 1. The van der Waals surface area contributed by atoms with Gasteiger partial charge in [-0.25, -0.2) is 9.18 Å². The molecule has 0 bridgehead atoms. The number of benzene rings is 2. The molecule has 1 heterocycles. The third kappa shape index (κ3) is 4.24. The Bertz CT molecular complexity index is 756. The smallest absolute Gasteiger partial charge is 0.338 e. The molecule has 0 radical (unpaired) electrons. The number of carbonyl (C=O) groups is 2. The molecule has 130 valence electrons. The van der Waals surface area contributed by atoms with E-state index in [1.165, 1.54) is 12.1 Å². The van der Waals surface area contributed by atoms with Crippen molar-refractivity contribution in [1.29, 1.82) is 0 Å². The lowest BCUT2D eigenvalue weighted by atomic mass is 10.1. The first kappa shape index (κ1) is 17.1. The van der Waals surface area contributed by atoms with Crippen LogP contribution in [0.2, 0.25) is 0 Å². The van der Waals surface area contributed by atoms with Crippen LogP contribution in [0.3, 0.4) is 0 Å². The third-order valence-electron chi connectivity index (χ3n) is 4.36. The molecule has 1 saturated heterocycles. The molecule has 0 aromatic heterocycles. The van der Waals surface area contributed by atoms with Crippen LogP contribution < -0.4 is 0 Å². The molecule has 0 aliphatic carbocycles. The Morgan fingerprint density at radius 3 is 2.44 bits per heavy atom. The highest BCUT2D eigenvalue weighted by Crippen LogP contribution is 2.20. The highest BCUT2D eigenvalue weighted by atomic mass is 19.1. The van der Waals surface area contributed by atoms with E-state index in [2.05, 4.69) is 0 Å². The van der Waals surface area contributed by atoms with E-state index in [9.17, 15) is 14.0 Å². The van der Waals surface area contributed by atoms with Gasteiger partial charge in [-0.05, 0) is 48.7 Å². The molecule has 5 heteroatoms. The summed E-state index contributed by atoms with van der Waals surface area (Å²) in [6.07, 6.45) is 1.06. The van der Waals surface area contributed by atoms with Gasteiger partial charge in [0.2, 0.25) is 5.91 Å². The van der Waals surface area contributed by atoms with Crippen molar-refractivity contribution in [3.05, 3.63) is 71.0 Å². The van der Waals surface area contributed by atoms with Crippen molar-refractivity contribution < 1.29 is 18.7 Å². The zero-order valence-electron chi connectivity index (χ0n) is 14.1. The number of likely N-dealkylation sites (tertiary alicyclic amines) is 1. The molecule has 3 rings (SSSR count). The highest BCUT2D eigenvalue weighted by molar-refractivity contribution is 5.89. The number of esters is 1. The Morgan fingerprint density at radius 2 is 1.84 bits per heavy atom. The zero-order chi connectivity index (χ0) is 17.8. The molecular formula is C20H20FNO3. The maximum Gasteiger partial charge on any atom is 0.338 e. The van der Waals surface area contributed by atoms with E-state index in [0.29, 0.717) is 18.5 Å². The van der Waals surface area contributed by atoms with Crippen LogP contribution in [0.5, 0.6) is 0 Å². The van der Waals surface area contributed by atoms with Gasteiger partial charge in [0.05, 0.1) is 5.56 Å². The fraction of sp³-hybridized carbons (Fsp3) is 0.300. The molecule has 1 aliphatic rings. The van der Waals surface area contributed by atoms with Gasteiger partial charge in [-0.2, -0.15) is 0 Å². The van der Waals surface area contributed by atoms with Crippen molar-refractivity contribution in [1.82, 2.24) is 4.90 Å². The molecule has 1 amide bonds. The molecule has 1 fully saturated rings. The van der Waals surface area contributed by atoms with E-state index in [1.54, 1.807) is 31.2 Å². The van der Waals surface area contributed by atoms with Gasteiger partial charge in [-0.1, -0.05) is 24.3 Å². The normalized spacial score (nSPS) is 15.3. The largest absolute Gasteiger partial charge is 0.454 e. The minimum atomic E-state index is -0.463. The minimum absolute atomic E-state index is 0.177. The van der Waals surface area contributed by atoms with E-state index in [-0.39, 0.29) is 11.7 Å².